The molecule has 4 heteroatoms. The van der Waals surface area contributed by atoms with Crippen molar-refractivity contribution in [2.24, 2.45) is 0 Å². The molecular weight excluding hydrogens is 195 g/mol. The number of nitrogens with zero attached hydrogens (tertiary/aromatic N) is 1. The molecule has 0 saturated carbocycles. The van der Waals surface area contributed by atoms with E-state index in [-0.39, 0.29) is 12.4 Å². The van der Waals surface area contributed by atoms with Gasteiger partial charge in [0.25, 0.3) is 0 Å². The summed E-state index contributed by atoms with van der Waals surface area (Å²) >= 11 is 0. The monoisotopic (exact) mass is 210 g/mol. The summed E-state index contributed by atoms with van der Waals surface area (Å²) in [4.78, 5) is 2.06. The van der Waals surface area contributed by atoms with Crippen LogP contribution in [-0.4, -0.2) is 18.3 Å². The molecule has 15 heavy (non-hydrogen) atoms. The average Bonchev–Trinajstić information content (AvgIpc) is 2.71. The number of hydrogen-bond acceptors (Lipinski definition) is 3. The van der Waals surface area contributed by atoms with Crippen LogP contribution in [0.3, 0.4) is 0 Å². The molecule has 1 heterocycles. The maximum Gasteiger partial charge on any atom is 0.146 e. The molecule has 82 valence electrons. The highest BCUT2D eigenvalue weighted by molar-refractivity contribution is 5.49. The summed E-state index contributed by atoms with van der Waals surface area (Å²) in [6, 6.07) is 5.09. The third-order valence-electron chi connectivity index (χ3n) is 2.74. The third kappa shape index (κ3) is 2.27. The van der Waals surface area contributed by atoms with Crippen LogP contribution in [0.4, 0.5) is 10.1 Å². The first kappa shape index (κ1) is 10.4. The average molecular weight is 210 g/mol. The van der Waals surface area contributed by atoms with Crippen molar-refractivity contribution < 1.29 is 9.60 Å². The Morgan fingerprint density at radius 1 is 1.33 bits per heavy atom. The molecule has 1 fully saturated rings. The molecule has 0 spiro atoms. The van der Waals surface area contributed by atoms with Crippen molar-refractivity contribution in [3.63, 3.8) is 0 Å². The Hall–Kier alpha value is -1.13. The normalized spacial score (nSPS) is 16.0. The maximum atomic E-state index is 13.7. The minimum atomic E-state index is -0.204. The second-order valence-electron chi connectivity index (χ2n) is 3.81. The number of hydrogen-bond donors (Lipinski definition) is 2. The van der Waals surface area contributed by atoms with E-state index >= 15 is 0 Å². The van der Waals surface area contributed by atoms with Crippen LogP contribution in [0.2, 0.25) is 0 Å². The summed E-state index contributed by atoms with van der Waals surface area (Å²) in [5.41, 5.74) is 3.44. The quantitative estimate of drug-likeness (QED) is 0.748. The van der Waals surface area contributed by atoms with Gasteiger partial charge in [0.1, 0.15) is 5.82 Å². The van der Waals surface area contributed by atoms with E-state index in [0.717, 1.165) is 31.5 Å². The van der Waals surface area contributed by atoms with E-state index in [1.54, 1.807) is 6.07 Å². The van der Waals surface area contributed by atoms with E-state index < -0.39 is 0 Å². The molecule has 0 bridgehead atoms. The summed E-state index contributed by atoms with van der Waals surface area (Å²) in [5.74, 6) is -0.204. The van der Waals surface area contributed by atoms with Crippen molar-refractivity contribution in [3.8, 4) is 0 Å². The Balaban J connectivity index is 2.18. The SMILES string of the molecule is ONCc1ccc(N2CCCC2)c(F)c1. The first-order valence-electron chi connectivity index (χ1n) is 5.21. The van der Waals surface area contributed by atoms with Crippen LogP contribution in [0.1, 0.15) is 18.4 Å². The summed E-state index contributed by atoms with van der Waals surface area (Å²) in [6.45, 7) is 2.15. The van der Waals surface area contributed by atoms with Crippen LogP contribution in [-0.2, 0) is 6.54 Å². The second-order valence-corrected chi connectivity index (χ2v) is 3.81. The zero-order valence-corrected chi connectivity index (χ0v) is 8.54. The smallest absolute Gasteiger partial charge is 0.146 e. The van der Waals surface area contributed by atoms with Crippen molar-refractivity contribution in [1.82, 2.24) is 5.48 Å². The minimum absolute atomic E-state index is 0.204. The third-order valence-corrected chi connectivity index (χ3v) is 2.74. The molecule has 0 radical (unpaired) electrons. The summed E-state index contributed by atoms with van der Waals surface area (Å²) in [6.07, 6.45) is 2.28. The summed E-state index contributed by atoms with van der Waals surface area (Å²) < 4.78 is 13.7. The maximum absolute atomic E-state index is 13.7. The number of hydroxylamine groups is 1. The van der Waals surface area contributed by atoms with Crippen molar-refractivity contribution in [3.05, 3.63) is 29.6 Å². The van der Waals surface area contributed by atoms with Crippen molar-refractivity contribution in [1.29, 1.82) is 0 Å². The number of benzene rings is 1. The molecule has 2 rings (SSSR count). The molecular formula is C11H15FN2O. The molecule has 0 unspecified atom stereocenters. The molecule has 1 aliphatic heterocycles. The van der Waals surface area contributed by atoms with Gasteiger partial charge >= 0.3 is 0 Å². The fraction of sp³-hybridized carbons (Fsp3) is 0.455. The highest BCUT2D eigenvalue weighted by atomic mass is 19.1. The van der Waals surface area contributed by atoms with Gasteiger partial charge in [-0.25, -0.2) is 9.87 Å². The van der Waals surface area contributed by atoms with Gasteiger partial charge in [-0.15, -0.1) is 0 Å². The topological polar surface area (TPSA) is 35.5 Å². The fourth-order valence-electron chi connectivity index (χ4n) is 1.97. The Labute approximate surface area is 88.5 Å². The lowest BCUT2D eigenvalue weighted by Crippen LogP contribution is -2.19. The lowest BCUT2D eigenvalue weighted by Gasteiger charge is -2.18. The van der Waals surface area contributed by atoms with Gasteiger partial charge in [0, 0.05) is 19.6 Å². The van der Waals surface area contributed by atoms with Gasteiger partial charge in [0.2, 0.25) is 0 Å². The predicted octanol–water partition coefficient (Wildman–Crippen LogP) is 1.90. The molecule has 2 N–H and O–H groups in total. The number of anilines is 1. The van der Waals surface area contributed by atoms with Crippen LogP contribution >= 0.6 is 0 Å². The molecule has 1 aliphatic rings. The zero-order chi connectivity index (χ0) is 10.7. The van der Waals surface area contributed by atoms with Crippen molar-refractivity contribution in [2.45, 2.75) is 19.4 Å². The van der Waals surface area contributed by atoms with E-state index in [9.17, 15) is 4.39 Å². The molecule has 0 aromatic heterocycles. The number of rotatable bonds is 3. The Bertz CT molecular complexity index is 337. The largest absolute Gasteiger partial charge is 0.369 e. The van der Waals surface area contributed by atoms with Gasteiger partial charge in [0.05, 0.1) is 5.69 Å². The van der Waals surface area contributed by atoms with Crippen LogP contribution in [0.15, 0.2) is 18.2 Å². The van der Waals surface area contributed by atoms with Gasteiger partial charge in [-0.1, -0.05) is 6.07 Å². The molecule has 0 atom stereocenters. The highest BCUT2D eigenvalue weighted by Gasteiger charge is 2.15. The minimum Gasteiger partial charge on any atom is -0.369 e. The standard InChI is InChI=1S/C11H15FN2O/c12-10-7-9(8-13-15)3-4-11(10)14-5-1-2-6-14/h3-4,7,13,15H,1-2,5-6,8H2. The fourth-order valence-corrected chi connectivity index (χ4v) is 1.97. The van der Waals surface area contributed by atoms with Gasteiger partial charge in [0.15, 0.2) is 0 Å². The molecule has 1 aromatic rings. The number of halogens is 1. The van der Waals surface area contributed by atoms with Gasteiger partial charge in [-0.05, 0) is 30.5 Å². The van der Waals surface area contributed by atoms with Crippen LogP contribution < -0.4 is 10.4 Å². The molecule has 1 saturated heterocycles. The van der Waals surface area contributed by atoms with E-state index in [2.05, 4.69) is 4.90 Å². The van der Waals surface area contributed by atoms with Crippen molar-refractivity contribution >= 4 is 5.69 Å². The Morgan fingerprint density at radius 3 is 2.67 bits per heavy atom. The van der Waals surface area contributed by atoms with Crippen LogP contribution in [0.5, 0.6) is 0 Å². The Morgan fingerprint density at radius 2 is 2.07 bits per heavy atom. The van der Waals surface area contributed by atoms with E-state index in [0.29, 0.717) is 5.69 Å². The van der Waals surface area contributed by atoms with Crippen molar-refractivity contribution in [2.75, 3.05) is 18.0 Å². The highest BCUT2D eigenvalue weighted by Crippen LogP contribution is 2.24. The lowest BCUT2D eigenvalue weighted by molar-refractivity contribution is 0.161. The second kappa shape index (κ2) is 4.59. The zero-order valence-electron chi connectivity index (χ0n) is 8.54. The lowest BCUT2D eigenvalue weighted by atomic mass is 10.2. The van der Waals surface area contributed by atoms with E-state index in [4.69, 9.17) is 5.21 Å². The summed E-state index contributed by atoms with van der Waals surface area (Å²) in [7, 11) is 0. The van der Waals surface area contributed by atoms with E-state index in [1.165, 1.54) is 6.07 Å². The van der Waals surface area contributed by atoms with Gasteiger partial charge < -0.3 is 10.1 Å². The predicted molar refractivity (Wildman–Crippen MR) is 56.5 cm³/mol. The molecule has 1 aromatic carbocycles. The van der Waals surface area contributed by atoms with E-state index in [1.807, 2.05) is 11.5 Å². The molecule has 3 nitrogen and oxygen atoms in total. The van der Waals surface area contributed by atoms with Gasteiger partial charge in [-0.3, -0.25) is 0 Å². The first-order valence-corrected chi connectivity index (χ1v) is 5.21. The summed E-state index contributed by atoms with van der Waals surface area (Å²) in [5, 5.41) is 8.51. The van der Waals surface area contributed by atoms with Gasteiger partial charge in [-0.2, -0.15) is 0 Å². The van der Waals surface area contributed by atoms with Crippen LogP contribution in [0, 0.1) is 5.82 Å². The van der Waals surface area contributed by atoms with Crippen LogP contribution in [0.25, 0.3) is 0 Å². The molecule has 0 amide bonds. The number of nitrogens with one attached hydrogen (secondary N) is 1. The molecule has 0 aliphatic carbocycles. The first-order chi connectivity index (χ1) is 7.31. The Kier molecular flexibility index (Phi) is 3.18.